The van der Waals surface area contributed by atoms with Gasteiger partial charge in [-0.25, -0.2) is 0 Å². The van der Waals surface area contributed by atoms with Crippen LogP contribution < -0.4 is 15.9 Å². The minimum atomic E-state index is -5.09. The molecule has 0 aliphatic carbocycles. The highest BCUT2D eigenvalue weighted by atomic mass is 31.2. The summed E-state index contributed by atoms with van der Waals surface area (Å²) in [4.78, 5) is 39.4. The number of hydrogen-bond donors (Lipinski definition) is 4. The lowest BCUT2D eigenvalue weighted by molar-refractivity contribution is 0.342. The maximum absolute atomic E-state index is 12.2. The smallest absolute Gasteiger partial charge is 0.324 e. The van der Waals surface area contributed by atoms with Gasteiger partial charge < -0.3 is 19.6 Å². The van der Waals surface area contributed by atoms with Crippen molar-refractivity contribution in [2.45, 2.75) is 5.40 Å². The van der Waals surface area contributed by atoms with E-state index in [1.807, 2.05) is 91.0 Å². The highest BCUT2D eigenvalue weighted by Crippen LogP contribution is 2.68. The summed E-state index contributed by atoms with van der Waals surface area (Å²) < 4.78 is 24.3. The van der Waals surface area contributed by atoms with Crippen LogP contribution in [0, 0.1) is 0 Å². The van der Waals surface area contributed by atoms with Gasteiger partial charge in [0, 0.05) is 0 Å². The van der Waals surface area contributed by atoms with Gasteiger partial charge >= 0.3 is 15.2 Å². The molecule has 0 spiro atoms. The molecule has 0 aliphatic rings. The Morgan fingerprint density at radius 3 is 1.10 bits per heavy atom. The van der Waals surface area contributed by atoms with Crippen LogP contribution in [0.5, 0.6) is 0 Å². The van der Waals surface area contributed by atoms with Crippen molar-refractivity contribution in [2.75, 3.05) is 6.16 Å². The lowest BCUT2D eigenvalue weighted by Gasteiger charge is -2.31. The topological polar surface area (TPSA) is 115 Å². The maximum Gasteiger partial charge on any atom is 0.344 e. The Kier molecular flexibility index (Phi) is 6.57. The lowest BCUT2D eigenvalue weighted by Crippen LogP contribution is -2.37. The minimum absolute atomic E-state index is 0.348. The standard InChI is InChI=1S/C20H21O6P3/c21-28(22,23)20(29(24,25)26)16-27(17-10-4-1-5-11-17,18-12-6-2-7-13-18)19-14-8-3-9-15-19/h1-15,20H,16H2,(H3-,21,22,23,24,25,26)/p+1. The molecule has 6 nitrogen and oxygen atoms in total. The molecule has 0 atom stereocenters. The van der Waals surface area contributed by atoms with Crippen molar-refractivity contribution in [2.24, 2.45) is 0 Å². The Morgan fingerprint density at radius 2 is 0.862 bits per heavy atom. The van der Waals surface area contributed by atoms with E-state index in [2.05, 4.69) is 0 Å². The van der Waals surface area contributed by atoms with E-state index < -0.39 is 27.9 Å². The van der Waals surface area contributed by atoms with E-state index in [1.54, 1.807) is 0 Å². The number of rotatable bonds is 7. The molecule has 3 aromatic rings. The summed E-state index contributed by atoms with van der Waals surface area (Å²) in [7, 11) is -13.0. The Balaban J connectivity index is 2.37. The SMILES string of the molecule is O=P(O)(O)C(C[P+](c1ccccc1)(c1ccccc1)c1ccccc1)P(=O)(O)O. The van der Waals surface area contributed by atoms with Crippen molar-refractivity contribution in [1.82, 2.24) is 0 Å². The van der Waals surface area contributed by atoms with E-state index in [4.69, 9.17) is 0 Å². The van der Waals surface area contributed by atoms with E-state index >= 15 is 0 Å². The van der Waals surface area contributed by atoms with E-state index in [0.29, 0.717) is 0 Å². The van der Waals surface area contributed by atoms with E-state index in [0.717, 1.165) is 15.9 Å². The van der Waals surface area contributed by atoms with Crippen LogP contribution in [0.3, 0.4) is 0 Å². The molecular formula is C20H22O6P3+. The summed E-state index contributed by atoms with van der Waals surface area (Å²) in [5.74, 6) is 0. The normalized spacial score (nSPS) is 12.9. The molecule has 29 heavy (non-hydrogen) atoms. The zero-order valence-electron chi connectivity index (χ0n) is 15.4. The Labute approximate surface area is 169 Å². The summed E-state index contributed by atoms with van der Waals surface area (Å²) in [5, 5.41) is 0.293. The van der Waals surface area contributed by atoms with Gasteiger partial charge in [0.15, 0.2) is 5.40 Å². The summed E-state index contributed by atoms with van der Waals surface area (Å²) in [6.07, 6.45) is -0.348. The molecular weight excluding hydrogens is 429 g/mol. The van der Waals surface area contributed by atoms with Crippen molar-refractivity contribution < 1.29 is 28.7 Å². The largest absolute Gasteiger partial charge is 0.344 e. The van der Waals surface area contributed by atoms with Crippen molar-refractivity contribution in [3.05, 3.63) is 91.0 Å². The van der Waals surface area contributed by atoms with Gasteiger partial charge in [0.05, 0.1) is 6.16 Å². The molecule has 0 bridgehead atoms. The minimum Gasteiger partial charge on any atom is -0.324 e. The van der Waals surface area contributed by atoms with Crippen molar-refractivity contribution >= 4 is 38.4 Å². The Hall–Kier alpha value is -1.61. The molecule has 0 aliphatic heterocycles. The zero-order chi connectivity index (χ0) is 21.1. The van der Waals surface area contributed by atoms with Crippen LogP contribution in [-0.4, -0.2) is 31.1 Å². The third kappa shape index (κ3) is 4.77. The molecule has 0 amide bonds. The van der Waals surface area contributed by atoms with E-state index in [9.17, 15) is 28.7 Å². The lowest BCUT2D eigenvalue weighted by atomic mass is 10.4. The molecule has 0 saturated heterocycles. The summed E-state index contributed by atoms with van der Waals surface area (Å²) >= 11 is 0. The van der Waals surface area contributed by atoms with Gasteiger partial charge in [-0.2, -0.15) is 0 Å². The second-order valence-corrected chi connectivity index (χ2v) is 14.2. The van der Waals surface area contributed by atoms with Crippen molar-refractivity contribution in [1.29, 1.82) is 0 Å². The highest BCUT2D eigenvalue weighted by Gasteiger charge is 2.56. The van der Waals surface area contributed by atoms with Gasteiger partial charge in [0.1, 0.15) is 23.2 Å². The van der Waals surface area contributed by atoms with Gasteiger partial charge in [0.25, 0.3) is 0 Å². The van der Waals surface area contributed by atoms with Crippen LogP contribution in [0.1, 0.15) is 0 Å². The van der Waals surface area contributed by atoms with Crippen molar-refractivity contribution in [3.8, 4) is 0 Å². The van der Waals surface area contributed by atoms with E-state index in [-0.39, 0.29) is 6.16 Å². The van der Waals surface area contributed by atoms with Crippen LogP contribution in [-0.2, 0) is 9.13 Å². The van der Waals surface area contributed by atoms with Crippen LogP contribution in [0.2, 0.25) is 0 Å². The van der Waals surface area contributed by atoms with Gasteiger partial charge in [-0.15, -0.1) is 0 Å². The fourth-order valence-corrected chi connectivity index (χ4v) is 12.3. The van der Waals surface area contributed by atoms with Crippen molar-refractivity contribution in [3.63, 3.8) is 0 Å². The molecule has 0 saturated carbocycles. The van der Waals surface area contributed by atoms with E-state index in [1.165, 1.54) is 0 Å². The van der Waals surface area contributed by atoms with Gasteiger partial charge in [-0.05, 0) is 36.4 Å². The third-order valence-electron chi connectivity index (χ3n) is 4.80. The summed E-state index contributed by atoms with van der Waals surface area (Å²) in [6.45, 7) is 0. The first-order chi connectivity index (χ1) is 13.7. The number of benzene rings is 3. The molecule has 0 fully saturated rings. The molecule has 0 unspecified atom stereocenters. The first-order valence-corrected chi connectivity index (χ1v) is 14.1. The van der Waals surface area contributed by atoms with Gasteiger partial charge in [-0.1, -0.05) is 54.6 Å². The second kappa shape index (κ2) is 8.63. The third-order valence-corrected chi connectivity index (χ3v) is 13.6. The molecule has 0 heterocycles. The molecule has 4 N–H and O–H groups in total. The molecule has 152 valence electrons. The Bertz CT molecular complexity index is 913. The number of hydrogen-bond acceptors (Lipinski definition) is 2. The van der Waals surface area contributed by atoms with Crippen LogP contribution in [0.15, 0.2) is 91.0 Å². The van der Waals surface area contributed by atoms with Crippen LogP contribution >= 0.6 is 22.5 Å². The van der Waals surface area contributed by atoms with Gasteiger partial charge in [-0.3, -0.25) is 9.13 Å². The van der Waals surface area contributed by atoms with Crippen LogP contribution in [0.4, 0.5) is 0 Å². The molecule has 3 aromatic carbocycles. The van der Waals surface area contributed by atoms with Crippen LogP contribution in [0.25, 0.3) is 0 Å². The second-order valence-electron chi connectivity index (χ2n) is 6.66. The average Bonchev–Trinajstić information content (AvgIpc) is 2.69. The average molecular weight is 451 g/mol. The first kappa shape index (κ1) is 22.1. The zero-order valence-corrected chi connectivity index (χ0v) is 18.1. The fraction of sp³-hybridized carbons (Fsp3) is 0.100. The molecule has 0 radical (unpaired) electrons. The quantitative estimate of drug-likeness (QED) is 0.411. The maximum atomic E-state index is 12.2. The molecule has 3 rings (SSSR count). The monoisotopic (exact) mass is 451 g/mol. The predicted octanol–water partition coefficient (Wildman–Crippen LogP) is 2.66. The summed E-state index contributed by atoms with van der Waals surface area (Å²) in [6, 6.07) is 27.5. The molecule has 0 aromatic heterocycles. The summed E-state index contributed by atoms with van der Waals surface area (Å²) in [5.41, 5.74) is 0. The fourth-order valence-electron chi connectivity index (χ4n) is 3.46. The molecule has 9 heteroatoms. The first-order valence-electron chi connectivity index (χ1n) is 8.81. The predicted molar refractivity (Wildman–Crippen MR) is 118 cm³/mol. The van der Waals surface area contributed by atoms with Gasteiger partial charge in [0.2, 0.25) is 0 Å². The highest BCUT2D eigenvalue weighted by molar-refractivity contribution is 7.96. The Morgan fingerprint density at radius 1 is 0.586 bits per heavy atom.